The van der Waals surface area contributed by atoms with Crippen molar-refractivity contribution >= 4 is 16.0 Å². The summed E-state index contributed by atoms with van der Waals surface area (Å²) in [5.74, 6) is 1.37. The van der Waals surface area contributed by atoms with Gasteiger partial charge in [0.15, 0.2) is 5.96 Å². The van der Waals surface area contributed by atoms with Gasteiger partial charge >= 0.3 is 0 Å². The molecule has 0 fully saturated rings. The first-order chi connectivity index (χ1) is 14.1. The normalized spacial score (nSPS) is 12.5. The lowest BCUT2D eigenvalue weighted by molar-refractivity contribution is 0.408. The second kappa shape index (κ2) is 9.95. The standard InChI is InChI=1S/C22H32N4O3S/c1-16-11-12-17(19(13-16)29-6)14-24-21(23-5)25-15-18-9-7-8-10-20(18)30(27,28)26-22(2,3)4/h7-13,26H,14-15H2,1-6H3,(H2,23,24,25). The molecular formula is C22H32N4O3S. The summed E-state index contributed by atoms with van der Waals surface area (Å²) in [5.41, 5.74) is 2.22. The molecular weight excluding hydrogens is 400 g/mol. The molecule has 2 aromatic carbocycles. The van der Waals surface area contributed by atoms with Crippen LogP contribution in [0.15, 0.2) is 52.4 Å². The average Bonchev–Trinajstić information content (AvgIpc) is 2.67. The van der Waals surface area contributed by atoms with Crippen molar-refractivity contribution in [3.8, 4) is 5.75 Å². The van der Waals surface area contributed by atoms with E-state index >= 15 is 0 Å². The van der Waals surface area contributed by atoms with E-state index in [1.165, 1.54) is 0 Å². The predicted octanol–water partition coefficient (Wildman–Crippen LogP) is 2.95. The summed E-state index contributed by atoms with van der Waals surface area (Å²) in [4.78, 5) is 4.48. The number of rotatable bonds is 7. The second-order valence-corrected chi connectivity index (χ2v) is 9.71. The Balaban J connectivity index is 2.09. The van der Waals surface area contributed by atoms with Crippen LogP contribution in [-0.2, 0) is 23.1 Å². The second-order valence-electron chi connectivity index (χ2n) is 8.06. The van der Waals surface area contributed by atoms with Gasteiger partial charge in [0.25, 0.3) is 0 Å². The summed E-state index contributed by atoms with van der Waals surface area (Å²) in [6.07, 6.45) is 0. The van der Waals surface area contributed by atoms with Crippen LogP contribution in [0.4, 0.5) is 0 Å². The molecule has 0 amide bonds. The predicted molar refractivity (Wildman–Crippen MR) is 121 cm³/mol. The molecule has 164 valence electrons. The molecule has 0 radical (unpaired) electrons. The van der Waals surface area contributed by atoms with Gasteiger partial charge in [0, 0.05) is 31.2 Å². The fraction of sp³-hybridized carbons (Fsp3) is 0.409. The van der Waals surface area contributed by atoms with E-state index in [0.29, 0.717) is 24.6 Å². The molecule has 0 bridgehead atoms. The molecule has 0 aliphatic carbocycles. The number of nitrogens with one attached hydrogen (secondary N) is 3. The molecule has 0 aliphatic heterocycles. The fourth-order valence-electron chi connectivity index (χ4n) is 2.95. The van der Waals surface area contributed by atoms with E-state index < -0.39 is 15.6 Å². The first-order valence-corrected chi connectivity index (χ1v) is 11.2. The van der Waals surface area contributed by atoms with Crippen LogP contribution in [0.5, 0.6) is 5.75 Å². The number of guanidine groups is 1. The average molecular weight is 433 g/mol. The summed E-state index contributed by atoms with van der Waals surface area (Å²) < 4.78 is 33.7. The quantitative estimate of drug-likeness (QED) is 0.462. The highest BCUT2D eigenvalue weighted by Crippen LogP contribution is 2.20. The van der Waals surface area contributed by atoms with E-state index in [1.54, 1.807) is 32.4 Å². The molecule has 0 unspecified atom stereocenters. The van der Waals surface area contributed by atoms with E-state index in [9.17, 15) is 8.42 Å². The van der Waals surface area contributed by atoms with Gasteiger partial charge in [0.05, 0.1) is 12.0 Å². The molecule has 2 aromatic rings. The minimum atomic E-state index is -3.64. The monoisotopic (exact) mass is 432 g/mol. The molecule has 2 rings (SSSR count). The van der Waals surface area contributed by atoms with Crippen LogP contribution in [-0.4, -0.2) is 34.1 Å². The van der Waals surface area contributed by atoms with Crippen LogP contribution in [0, 0.1) is 6.92 Å². The van der Waals surface area contributed by atoms with E-state index in [4.69, 9.17) is 4.74 Å². The Morgan fingerprint density at radius 2 is 1.67 bits per heavy atom. The van der Waals surface area contributed by atoms with Crippen molar-refractivity contribution in [2.45, 2.75) is 51.2 Å². The number of ether oxygens (including phenoxy) is 1. The molecule has 0 saturated carbocycles. The van der Waals surface area contributed by atoms with Crippen LogP contribution >= 0.6 is 0 Å². The number of sulfonamides is 1. The van der Waals surface area contributed by atoms with Crippen molar-refractivity contribution in [1.82, 2.24) is 15.4 Å². The third-order valence-electron chi connectivity index (χ3n) is 4.26. The summed E-state index contributed by atoms with van der Waals surface area (Å²) in [7, 11) is -0.319. The van der Waals surface area contributed by atoms with Crippen molar-refractivity contribution in [3.05, 3.63) is 59.2 Å². The number of benzene rings is 2. The number of aryl methyl sites for hydroxylation is 1. The van der Waals surface area contributed by atoms with Crippen LogP contribution in [0.2, 0.25) is 0 Å². The number of hydrogen-bond donors (Lipinski definition) is 3. The molecule has 0 aromatic heterocycles. The van der Waals surface area contributed by atoms with Crippen molar-refractivity contribution in [1.29, 1.82) is 0 Å². The Morgan fingerprint density at radius 1 is 1.03 bits per heavy atom. The zero-order chi connectivity index (χ0) is 22.4. The van der Waals surface area contributed by atoms with Gasteiger partial charge in [-0.2, -0.15) is 0 Å². The molecule has 30 heavy (non-hydrogen) atoms. The van der Waals surface area contributed by atoms with Gasteiger partial charge in [-0.3, -0.25) is 4.99 Å². The Hall–Kier alpha value is -2.58. The van der Waals surface area contributed by atoms with Crippen LogP contribution in [0.3, 0.4) is 0 Å². The molecule has 0 heterocycles. The van der Waals surface area contributed by atoms with Crippen molar-refractivity contribution in [2.75, 3.05) is 14.2 Å². The maximum absolute atomic E-state index is 12.8. The van der Waals surface area contributed by atoms with E-state index in [2.05, 4.69) is 20.3 Å². The van der Waals surface area contributed by atoms with Crippen molar-refractivity contribution in [2.24, 2.45) is 4.99 Å². The first kappa shape index (κ1) is 23.7. The number of methoxy groups -OCH3 is 1. The lowest BCUT2D eigenvalue weighted by atomic mass is 10.1. The van der Waals surface area contributed by atoms with Gasteiger partial charge in [-0.25, -0.2) is 13.1 Å². The van der Waals surface area contributed by atoms with Gasteiger partial charge in [-0.05, 0) is 51.0 Å². The lowest BCUT2D eigenvalue weighted by Crippen LogP contribution is -2.41. The summed E-state index contributed by atoms with van der Waals surface area (Å²) in [6.45, 7) is 8.30. The van der Waals surface area contributed by atoms with E-state index in [0.717, 1.165) is 16.9 Å². The Kier molecular flexibility index (Phi) is 7.86. The Morgan fingerprint density at radius 3 is 2.27 bits per heavy atom. The summed E-state index contributed by atoms with van der Waals surface area (Å²) in [5, 5.41) is 6.43. The van der Waals surface area contributed by atoms with Crippen molar-refractivity contribution in [3.63, 3.8) is 0 Å². The first-order valence-electron chi connectivity index (χ1n) is 9.75. The molecule has 0 saturated heterocycles. The van der Waals surface area contributed by atoms with Crippen LogP contribution < -0.4 is 20.1 Å². The lowest BCUT2D eigenvalue weighted by Gasteiger charge is -2.22. The maximum Gasteiger partial charge on any atom is 0.241 e. The molecule has 0 atom stereocenters. The summed E-state index contributed by atoms with van der Waals surface area (Å²) >= 11 is 0. The van der Waals surface area contributed by atoms with Gasteiger partial charge in [-0.1, -0.05) is 30.3 Å². The minimum Gasteiger partial charge on any atom is -0.496 e. The zero-order valence-electron chi connectivity index (χ0n) is 18.5. The van der Waals surface area contributed by atoms with Gasteiger partial charge in [0.2, 0.25) is 10.0 Å². The third kappa shape index (κ3) is 6.74. The number of hydrogen-bond acceptors (Lipinski definition) is 4. The highest BCUT2D eigenvalue weighted by atomic mass is 32.2. The zero-order valence-corrected chi connectivity index (χ0v) is 19.4. The Labute approximate surface area is 180 Å². The Bertz CT molecular complexity index is 996. The molecule has 3 N–H and O–H groups in total. The smallest absolute Gasteiger partial charge is 0.241 e. The maximum atomic E-state index is 12.8. The molecule has 0 spiro atoms. The minimum absolute atomic E-state index is 0.253. The SMILES string of the molecule is CN=C(NCc1ccc(C)cc1OC)NCc1ccccc1S(=O)(=O)NC(C)(C)C. The fourth-order valence-corrected chi connectivity index (χ4v) is 4.61. The number of nitrogens with zero attached hydrogens (tertiary/aromatic N) is 1. The highest BCUT2D eigenvalue weighted by molar-refractivity contribution is 7.89. The van der Waals surface area contributed by atoms with Crippen LogP contribution in [0.25, 0.3) is 0 Å². The van der Waals surface area contributed by atoms with E-state index in [1.807, 2.05) is 52.0 Å². The highest BCUT2D eigenvalue weighted by Gasteiger charge is 2.24. The van der Waals surface area contributed by atoms with E-state index in [-0.39, 0.29) is 4.90 Å². The van der Waals surface area contributed by atoms with Crippen LogP contribution in [0.1, 0.15) is 37.5 Å². The van der Waals surface area contributed by atoms with Crippen molar-refractivity contribution < 1.29 is 13.2 Å². The molecule has 8 heteroatoms. The third-order valence-corrected chi connectivity index (χ3v) is 6.12. The topological polar surface area (TPSA) is 91.8 Å². The molecule has 0 aliphatic rings. The summed E-state index contributed by atoms with van der Waals surface area (Å²) in [6, 6.07) is 13.0. The van der Waals surface area contributed by atoms with Gasteiger partial charge < -0.3 is 15.4 Å². The molecule has 7 nitrogen and oxygen atoms in total. The van der Waals surface area contributed by atoms with Gasteiger partial charge in [-0.15, -0.1) is 0 Å². The van der Waals surface area contributed by atoms with Gasteiger partial charge in [0.1, 0.15) is 5.75 Å². The largest absolute Gasteiger partial charge is 0.496 e. The number of aliphatic imine (C=N–C) groups is 1.